The van der Waals surface area contributed by atoms with Crippen molar-refractivity contribution >= 4 is 11.5 Å². The van der Waals surface area contributed by atoms with Crippen molar-refractivity contribution in [1.29, 1.82) is 0 Å². The van der Waals surface area contributed by atoms with E-state index < -0.39 is 0 Å². The summed E-state index contributed by atoms with van der Waals surface area (Å²) in [6.45, 7) is 12.2. The minimum absolute atomic E-state index is 0.156. The van der Waals surface area contributed by atoms with E-state index in [1.165, 1.54) is 5.57 Å². The van der Waals surface area contributed by atoms with Gasteiger partial charge in [-0.15, -0.1) is 0 Å². The number of aliphatic hydroxyl groups is 1. The number of hydrogen-bond donors (Lipinski definition) is 1. The molecule has 3 aliphatic heterocycles. The van der Waals surface area contributed by atoms with Crippen molar-refractivity contribution in [1.82, 2.24) is 4.90 Å². The lowest BCUT2D eigenvalue weighted by atomic mass is 9.86. The zero-order chi connectivity index (χ0) is 14.1. The molecule has 0 saturated heterocycles. The smallest absolute Gasteiger partial charge is 0.161 e. The first-order valence-electron chi connectivity index (χ1n) is 6.54. The van der Waals surface area contributed by atoms with Gasteiger partial charge in [-0.05, 0) is 52.7 Å². The van der Waals surface area contributed by atoms with Crippen LogP contribution < -0.4 is 0 Å². The lowest BCUT2D eigenvalue weighted by molar-refractivity contribution is 0.377. The standard InChI is InChI=1S/C15H19N3O/c1-7-9(3)16-13-8(2)15(5,6)14-17-10(4)12(19)11(7)18(13)14/h19H,1-6H3. The Hall–Kier alpha value is -1.84. The van der Waals surface area contributed by atoms with E-state index in [-0.39, 0.29) is 11.2 Å². The molecular formula is C15H19N3O. The fourth-order valence-corrected chi connectivity index (χ4v) is 2.78. The molecule has 19 heavy (non-hydrogen) atoms. The molecule has 3 rings (SSSR count). The number of allylic oxidation sites excluding steroid dienone is 2. The predicted octanol–water partition coefficient (Wildman–Crippen LogP) is 3.51. The van der Waals surface area contributed by atoms with Crippen LogP contribution in [0.4, 0.5) is 0 Å². The number of nitrogens with zero attached hydrogens (tertiary/aromatic N) is 3. The van der Waals surface area contributed by atoms with Crippen LogP contribution in [-0.2, 0) is 0 Å². The fourth-order valence-electron chi connectivity index (χ4n) is 2.78. The quantitative estimate of drug-likeness (QED) is 0.722. The summed E-state index contributed by atoms with van der Waals surface area (Å²) >= 11 is 0. The van der Waals surface area contributed by atoms with Gasteiger partial charge in [0.2, 0.25) is 0 Å². The molecule has 0 aromatic heterocycles. The Morgan fingerprint density at radius 1 is 1.05 bits per heavy atom. The average Bonchev–Trinajstić information content (AvgIpc) is 2.52. The summed E-state index contributed by atoms with van der Waals surface area (Å²) in [6.07, 6.45) is 0. The van der Waals surface area contributed by atoms with E-state index in [0.29, 0.717) is 5.70 Å². The second-order valence-corrected chi connectivity index (χ2v) is 5.95. The second-order valence-electron chi connectivity index (χ2n) is 5.95. The van der Waals surface area contributed by atoms with E-state index in [1.807, 2.05) is 25.7 Å². The van der Waals surface area contributed by atoms with Crippen molar-refractivity contribution in [3.05, 3.63) is 34.1 Å². The number of aliphatic imine (C=N–C) groups is 2. The highest BCUT2D eigenvalue weighted by molar-refractivity contribution is 6.06. The molecule has 0 atom stereocenters. The van der Waals surface area contributed by atoms with E-state index in [1.54, 1.807) is 0 Å². The molecule has 0 unspecified atom stereocenters. The van der Waals surface area contributed by atoms with Gasteiger partial charge in [0, 0.05) is 11.1 Å². The van der Waals surface area contributed by atoms with Crippen LogP contribution in [0.15, 0.2) is 44.1 Å². The first kappa shape index (κ1) is 12.2. The number of amidine groups is 1. The number of aliphatic hydroxyl groups excluding tert-OH is 1. The summed E-state index contributed by atoms with van der Waals surface area (Å²) in [6, 6.07) is 0. The summed E-state index contributed by atoms with van der Waals surface area (Å²) in [5.41, 5.74) is 4.53. The average molecular weight is 257 g/mol. The third-order valence-corrected chi connectivity index (χ3v) is 4.49. The predicted molar refractivity (Wildman–Crippen MR) is 76.9 cm³/mol. The van der Waals surface area contributed by atoms with Gasteiger partial charge in [0.1, 0.15) is 11.7 Å². The molecule has 1 N–H and O–H groups in total. The van der Waals surface area contributed by atoms with Crippen molar-refractivity contribution in [3.63, 3.8) is 0 Å². The molecule has 0 spiro atoms. The Balaban J connectivity index is 2.40. The first-order chi connectivity index (χ1) is 8.76. The molecule has 4 nitrogen and oxygen atoms in total. The molecular weight excluding hydrogens is 238 g/mol. The second kappa shape index (κ2) is 3.38. The molecule has 0 saturated carbocycles. The lowest BCUT2D eigenvalue weighted by Crippen LogP contribution is -2.38. The van der Waals surface area contributed by atoms with Crippen LogP contribution in [0.3, 0.4) is 0 Å². The van der Waals surface area contributed by atoms with Gasteiger partial charge in [-0.3, -0.25) is 4.90 Å². The maximum absolute atomic E-state index is 10.4. The van der Waals surface area contributed by atoms with Crippen molar-refractivity contribution in [2.75, 3.05) is 0 Å². The molecule has 0 bridgehead atoms. The molecule has 0 fully saturated rings. The topological polar surface area (TPSA) is 48.2 Å². The Morgan fingerprint density at radius 3 is 2.32 bits per heavy atom. The maximum Gasteiger partial charge on any atom is 0.161 e. The van der Waals surface area contributed by atoms with Crippen molar-refractivity contribution in [3.8, 4) is 0 Å². The Kier molecular flexibility index (Phi) is 2.17. The Labute approximate surface area is 113 Å². The Morgan fingerprint density at radius 2 is 1.68 bits per heavy atom. The largest absolute Gasteiger partial charge is 0.504 e. The van der Waals surface area contributed by atoms with Crippen LogP contribution in [0.25, 0.3) is 0 Å². The van der Waals surface area contributed by atoms with Crippen LogP contribution in [-0.4, -0.2) is 21.6 Å². The minimum Gasteiger partial charge on any atom is -0.504 e. The molecule has 3 heterocycles. The number of rotatable bonds is 0. The minimum atomic E-state index is -0.156. The zero-order valence-corrected chi connectivity index (χ0v) is 12.3. The van der Waals surface area contributed by atoms with Crippen molar-refractivity contribution in [2.24, 2.45) is 15.4 Å². The summed E-state index contributed by atoms with van der Waals surface area (Å²) < 4.78 is 0. The highest BCUT2D eigenvalue weighted by Crippen LogP contribution is 2.48. The molecule has 100 valence electrons. The zero-order valence-electron chi connectivity index (χ0n) is 12.3. The van der Waals surface area contributed by atoms with Crippen molar-refractivity contribution in [2.45, 2.75) is 41.5 Å². The van der Waals surface area contributed by atoms with Crippen LogP contribution >= 0.6 is 0 Å². The van der Waals surface area contributed by atoms with Gasteiger partial charge >= 0.3 is 0 Å². The van der Waals surface area contributed by atoms with Gasteiger partial charge in [-0.2, -0.15) is 0 Å². The highest BCUT2D eigenvalue weighted by Gasteiger charge is 2.47. The molecule has 3 aliphatic rings. The molecule has 4 heteroatoms. The molecule has 0 aromatic carbocycles. The first-order valence-corrected chi connectivity index (χ1v) is 6.54. The normalized spacial score (nSPS) is 24.8. The van der Waals surface area contributed by atoms with Crippen molar-refractivity contribution < 1.29 is 5.11 Å². The van der Waals surface area contributed by atoms with Crippen LogP contribution in [0, 0.1) is 5.41 Å². The van der Waals surface area contributed by atoms with Gasteiger partial charge < -0.3 is 5.11 Å². The van der Waals surface area contributed by atoms with Gasteiger partial charge in [0.05, 0.1) is 11.4 Å². The third kappa shape index (κ3) is 1.29. The third-order valence-electron chi connectivity index (χ3n) is 4.49. The van der Waals surface area contributed by atoms with E-state index >= 15 is 0 Å². The fraction of sp³-hybridized carbons (Fsp3) is 0.467. The SMILES string of the molecule is CC1=NC2=C(C)C(C)(C)C3=NC(C)=C(O)C(=C1C)N32. The summed E-state index contributed by atoms with van der Waals surface area (Å²) in [5.74, 6) is 2.14. The van der Waals surface area contributed by atoms with E-state index in [9.17, 15) is 5.11 Å². The van der Waals surface area contributed by atoms with Gasteiger partial charge in [0.25, 0.3) is 0 Å². The summed E-state index contributed by atoms with van der Waals surface area (Å²) in [7, 11) is 0. The van der Waals surface area contributed by atoms with Gasteiger partial charge in [-0.25, -0.2) is 9.98 Å². The molecule has 0 amide bonds. The van der Waals surface area contributed by atoms with E-state index in [2.05, 4.69) is 25.8 Å². The molecule has 0 aliphatic carbocycles. The highest BCUT2D eigenvalue weighted by atomic mass is 16.3. The maximum atomic E-state index is 10.4. The molecule has 0 radical (unpaired) electrons. The molecule has 0 aromatic rings. The van der Waals surface area contributed by atoms with Crippen LogP contribution in [0.5, 0.6) is 0 Å². The van der Waals surface area contributed by atoms with Gasteiger partial charge in [-0.1, -0.05) is 0 Å². The van der Waals surface area contributed by atoms with E-state index in [0.717, 1.165) is 28.6 Å². The van der Waals surface area contributed by atoms with Crippen LogP contribution in [0.2, 0.25) is 0 Å². The number of hydrogen-bond acceptors (Lipinski definition) is 4. The Bertz CT molecular complexity index is 657. The lowest BCUT2D eigenvalue weighted by Gasteiger charge is -2.34. The van der Waals surface area contributed by atoms with E-state index in [4.69, 9.17) is 4.99 Å². The van der Waals surface area contributed by atoms with Crippen LogP contribution in [0.1, 0.15) is 41.5 Å². The summed E-state index contributed by atoms with van der Waals surface area (Å²) in [4.78, 5) is 11.3. The van der Waals surface area contributed by atoms with Gasteiger partial charge in [0.15, 0.2) is 5.76 Å². The monoisotopic (exact) mass is 257 g/mol. The summed E-state index contributed by atoms with van der Waals surface area (Å²) in [5, 5.41) is 10.4.